The van der Waals surface area contributed by atoms with Crippen LogP contribution in [0.4, 0.5) is 34.1 Å². The van der Waals surface area contributed by atoms with Gasteiger partial charge in [-0.05, 0) is 100 Å². The molecule has 2 aromatic heterocycles. The highest BCUT2D eigenvalue weighted by atomic mass is 16.3. The molecule has 0 saturated heterocycles. The number of furan rings is 2. The molecule has 0 unspecified atom stereocenters. The lowest BCUT2D eigenvalue weighted by atomic mass is 9.33. The van der Waals surface area contributed by atoms with Gasteiger partial charge >= 0.3 is 0 Å². The van der Waals surface area contributed by atoms with Crippen LogP contribution in [-0.4, -0.2) is 6.71 Å². The summed E-state index contributed by atoms with van der Waals surface area (Å²) in [4.78, 5) is 4.96. The molecule has 4 nitrogen and oxygen atoms in total. The molecule has 0 fully saturated rings. The van der Waals surface area contributed by atoms with Gasteiger partial charge in [0.05, 0.1) is 0 Å². The summed E-state index contributed by atoms with van der Waals surface area (Å²) in [5.41, 5.74) is 18.8. The number of hydrogen-bond donors (Lipinski definition) is 0. The van der Waals surface area contributed by atoms with Crippen molar-refractivity contribution in [3.8, 4) is 22.3 Å². The lowest BCUT2D eigenvalue weighted by molar-refractivity contribution is 0.668. The highest BCUT2D eigenvalue weighted by Gasteiger charge is 2.44. The molecule has 2 aliphatic rings. The average molecular weight is 753 g/mol. The van der Waals surface area contributed by atoms with Crippen molar-refractivity contribution in [2.45, 2.75) is 0 Å². The van der Waals surface area contributed by atoms with Crippen molar-refractivity contribution in [3.63, 3.8) is 0 Å². The van der Waals surface area contributed by atoms with E-state index in [1.165, 1.54) is 39.1 Å². The highest BCUT2D eigenvalue weighted by Crippen LogP contribution is 2.49. The molecule has 0 N–H and O–H groups in total. The Balaban J connectivity index is 1.10. The molecule has 0 bridgehead atoms. The average Bonchev–Trinajstić information content (AvgIpc) is 3.87. The molecule has 274 valence electrons. The Morgan fingerprint density at radius 1 is 0.339 bits per heavy atom. The fourth-order valence-corrected chi connectivity index (χ4v) is 9.98. The van der Waals surface area contributed by atoms with E-state index in [1.807, 2.05) is 24.3 Å². The van der Waals surface area contributed by atoms with Gasteiger partial charge in [-0.25, -0.2) is 0 Å². The van der Waals surface area contributed by atoms with Crippen LogP contribution in [0, 0.1) is 0 Å². The van der Waals surface area contributed by atoms with Crippen LogP contribution in [0.5, 0.6) is 0 Å². The van der Waals surface area contributed by atoms with E-state index in [-0.39, 0.29) is 6.71 Å². The number of nitrogens with zero attached hydrogens (tertiary/aromatic N) is 2. The minimum Gasteiger partial charge on any atom is -0.456 e. The smallest absolute Gasteiger partial charge is 0.252 e. The molecule has 0 spiro atoms. The molecule has 0 saturated carbocycles. The second-order valence-corrected chi connectivity index (χ2v) is 15.6. The quantitative estimate of drug-likeness (QED) is 0.168. The van der Waals surface area contributed by atoms with Gasteiger partial charge in [0.2, 0.25) is 0 Å². The predicted molar refractivity (Wildman–Crippen MR) is 246 cm³/mol. The first-order valence-corrected chi connectivity index (χ1v) is 20.2. The summed E-state index contributed by atoms with van der Waals surface area (Å²) in [5.74, 6) is 0. The van der Waals surface area contributed by atoms with Crippen LogP contribution >= 0.6 is 0 Å². The first-order chi connectivity index (χ1) is 29.3. The van der Waals surface area contributed by atoms with E-state index in [2.05, 4.69) is 186 Å². The molecule has 2 aliphatic heterocycles. The number of fused-ring (bicyclic) bond motifs is 10. The third kappa shape index (κ3) is 4.67. The minimum absolute atomic E-state index is 0.0455. The van der Waals surface area contributed by atoms with Gasteiger partial charge in [-0.15, -0.1) is 0 Å². The Kier molecular flexibility index (Phi) is 6.78. The first kappa shape index (κ1) is 32.3. The summed E-state index contributed by atoms with van der Waals surface area (Å²) in [6.07, 6.45) is 0. The van der Waals surface area contributed by atoms with Crippen LogP contribution in [0.25, 0.3) is 66.1 Å². The fraction of sp³-hybridized carbons (Fsp3) is 0. The zero-order valence-corrected chi connectivity index (χ0v) is 31.8. The Labute approximate surface area is 340 Å². The fourth-order valence-electron chi connectivity index (χ4n) is 9.98. The molecular weight excluding hydrogens is 719 g/mol. The SMILES string of the molecule is c1ccc(N2c3cccc4c3B(c3cccc(-c5ccc6c(c5)oc5ccccc56)c32)c2cccc(-c3ccc5c(c3)oc3ccccc35)c2N4c2ccccc2)cc1. The first-order valence-electron chi connectivity index (χ1n) is 20.2. The van der Waals surface area contributed by atoms with Crippen molar-refractivity contribution in [3.05, 3.63) is 200 Å². The predicted octanol–water partition coefficient (Wildman–Crippen LogP) is 12.9. The van der Waals surface area contributed by atoms with Gasteiger partial charge in [-0.2, -0.15) is 0 Å². The highest BCUT2D eigenvalue weighted by molar-refractivity contribution is 7.00. The van der Waals surface area contributed by atoms with Gasteiger partial charge in [-0.1, -0.05) is 127 Å². The zero-order chi connectivity index (χ0) is 38.6. The van der Waals surface area contributed by atoms with Gasteiger partial charge in [0.15, 0.2) is 0 Å². The van der Waals surface area contributed by atoms with Gasteiger partial charge in [0.1, 0.15) is 22.3 Å². The van der Waals surface area contributed by atoms with Gasteiger partial charge in [0, 0.05) is 66.8 Å². The van der Waals surface area contributed by atoms with E-state index in [4.69, 9.17) is 8.83 Å². The van der Waals surface area contributed by atoms with E-state index in [0.717, 1.165) is 77.5 Å². The summed E-state index contributed by atoms with van der Waals surface area (Å²) in [6.45, 7) is -0.0455. The number of anilines is 6. The van der Waals surface area contributed by atoms with E-state index in [0.29, 0.717) is 0 Å². The number of benzene rings is 9. The lowest BCUT2D eigenvalue weighted by Gasteiger charge is -2.45. The van der Waals surface area contributed by atoms with E-state index >= 15 is 0 Å². The standard InChI is InChI=1S/C54H33BN2O2/c1-3-14-36(15-4-1)56-46-24-13-25-47-52(46)55(44-22-11-20-38(53(44)56)34-28-30-42-40-18-7-9-26-48(40)58-50(42)32-34)45-23-12-21-39(54(45)57(47)37-16-5-2-6-17-37)35-29-31-43-41-19-8-10-27-49(41)59-51(43)33-35/h1-33H. The molecule has 5 heteroatoms. The molecule has 13 rings (SSSR count). The zero-order valence-electron chi connectivity index (χ0n) is 31.8. The molecule has 4 heterocycles. The summed E-state index contributed by atoms with van der Waals surface area (Å²) in [6, 6.07) is 72.1. The van der Waals surface area contributed by atoms with Crippen LogP contribution in [0.3, 0.4) is 0 Å². The van der Waals surface area contributed by atoms with Gasteiger partial charge in [0.25, 0.3) is 6.71 Å². The molecular formula is C54H33BN2O2. The lowest BCUT2D eigenvalue weighted by Crippen LogP contribution is -2.61. The Morgan fingerprint density at radius 2 is 0.763 bits per heavy atom. The summed E-state index contributed by atoms with van der Waals surface area (Å²) >= 11 is 0. The normalized spacial score (nSPS) is 13.0. The molecule has 11 aromatic rings. The summed E-state index contributed by atoms with van der Waals surface area (Å²) < 4.78 is 12.9. The maximum atomic E-state index is 6.47. The van der Waals surface area contributed by atoms with Crippen LogP contribution in [0.1, 0.15) is 0 Å². The van der Waals surface area contributed by atoms with Crippen LogP contribution in [0.15, 0.2) is 209 Å². The third-order valence-electron chi connectivity index (χ3n) is 12.4. The van der Waals surface area contributed by atoms with Crippen LogP contribution < -0.4 is 26.2 Å². The maximum Gasteiger partial charge on any atom is 0.252 e. The Bertz CT molecular complexity index is 3250. The minimum atomic E-state index is -0.0455. The molecule has 9 aromatic carbocycles. The Hall–Kier alpha value is -7.76. The maximum absolute atomic E-state index is 6.47. The van der Waals surface area contributed by atoms with E-state index in [9.17, 15) is 0 Å². The number of hydrogen-bond acceptors (Lipinski definition) is 4. The molecule has 0 radical (unpaired) electrons. The van der Waals surface area contributed by atoms with Crippen molar-refractivity contribution in [2.24, 2.45) is 0 Å². The van der Waals surface area contributed by atoms with E-state index < -0.39 is 0 Å². The van der Waals surface area contributed by atoms with Crippen molar-refractivity contribution < 1.29 is 8.83 Å². The summed E-state index contributed by atoms with van der Waals surface area (Å²) in [7, 11) is 0. The van der Waals surface area contributed by atoms with Crippen molar-refractivity contribution in [1.82, 2.24) is 0 Å². The van der Waals surface area contributed by atoms with Gasteiger partial charge in [-0.3, -0.25) is 0 Å². The van der Waals surface area contributed by atoms with Crippen molar-refractivity contribution in [2.75, 3.05) is 9.80 Å². The Morgan fingerprint density at radius 3 is 1.25 bits per heavy atom. The number of rotatable bonds is 4. The van der Waals surface area contributed by atoms with Crippen molar-refractivity contribution in [1.29, 1.82) is 0 Å². The monoisotopic (exact) mass is 752 g/mol. The molecule has 0 aliphatic carbocycles. The largest absolute Gasteiger partial charge is 0.456 e. The molecule has 0 atom stereocenters. The summed E-state index contributed by atoms with van der Waals surface area (Å²) in [5, 5.41) is 4.52. The molecule has 0 amide bonds. The molecule has 59 heavy (non-hydrogen) atoms. The third-order valence-corrected chi connectivity index (χ3v) is 12.4. The topological polar surface area (TPSA) is 32.8 Å². The van der Waals surface area contributed by atoms with Crippen molar-refractivity contribution >= 4 is 101 Å². The number of para-hydroxylation sites is 6. The van der Waals surface area contributed by atoms with Crippen LogP contribution in [0.2, 0.25) is 0 Å². The van der Waals surface area contributed by atoms with Gasteiger partial charge < -0.3 is 18.6 Å². The van der Waals surface area contributed by atoms with E-state index in [1.54, 1.807) is 0 Å². The second-order valence-electron chi connectivity index (χ2n) is 15.6. The van der Waals surface area contributed by atoms with Crippen LogP contribution in [-0.2, 0) is 0 Å². The second kappa shape index (κ2) is 12.4.